The van der Waals surface area contributed by atoms with Gasteiger partial charge in [-0.2, -0.15) is 0 Å². The number of benzene rings is 1. The number of oxime groups is 1. The third-order valence-corrected chi connectivity index (χ3v) is 5.28. The summed E-state index contributed by atoms with van der Waals surface area (Å²) >= 11 is 0. The average Bonchev–Trinajstić information content (AvgIpc) is 2.59. The molecule has 1 aromatic rings. The Balaban J connectivity index is 2.45. The predicted octanol–water partition coefficient (Wildman–Crippen LogP) is 4.56. The quantitative estimate of drug-likeness (QED) is 0.543. The van der Waals surface area contributed by atoms with Crippen LogP contribution in [0.5, 0.6) is 0 Å². The number of aliphatic hydroxyl groups is 2. The highest BCUT2D eigenvalue weighted by molar-refractivity contribution is 6.23. The van der Waals surface area contributed by atoms with Gasteiger partial charge >= 0.3 is 0 Å². The zero-order chi connectivity index (χ0) is 20.1. The van der Waals surface area contributed by atoms with Gasteiger partial charge < -0.3 is 15.1 Å². The van der Waals surface area contributed by atoms with E-state index < -0.39 is 0 Å². The molecule has 1 atom stereocenters. The molecule has 0 heterocycles. The summed E-state index contributed by atoms with van der Waals surface area (Å²) in [5.41, 5.74) is 5.98. The normalized spacial score (nSPS) is 18.2. The standard InChI is InChI=1S/C22H31NO4/c1-6-8-18(23-27-7-2)22-19(25)10-16(11-20(22)26)21-14(4)9-13(3)17(12-24)15(21)5/h9,16,24-25H,6-8,10-12H2,1-5H3. The van der Waals surface area contributed by atoms with E-state index >= 15 is 0 Å². The van der Waals surface area contributed by atoms with E-state index in [-0.39, 0.29) is 24.1 Å². The number of nitrogens with zero attached hydrogens (tertiary/aromatic N) is 1. The number of hydrogen-bond acceptors (Lipinski definition) is 5. The molecule has 0 radical (unpaired) electrons. The summed E-state index contributed by atoms with van der Waals surface area (Å²) in [6, 6.07) is 2.05. The molecule has 5 heteroatoms. The van der Waals surface area contributed by atoms with E-state index in [1.165, 1.54) is 0 Å². The van der Waals surface area contributed by atoms with Gasteiger partial charge in [0.05, 0.1) is 17.9 Å². The Morgan fingerprint density at radius 3 is 2.48 bits per heavy atom. The van der Waals surface area contributed by atoms with Crippen LogP contribution in [0.3, 0.4) is 0 Å². The predicted molar refractivity (Wildman–Crippen MR) is 107 cm³/mol. The van der Waals surface area contributed by atoms with Crippen LogP contribution in [0.2, 0.25) is 0 Å². The second-order valence-electron chi connectivity index (χ2n) is 7.24. The molecular formula is C22H31NO4. The topological polar surface area (TPSA) is 79.1 Å². The Morgan fingerprint density at radius 1 is 1.22 bits per heavy atom. The Labute approximate surface area is 161 Å². The van der Waals surface area contributed by atoms with Gasteiger partial charge in [-0.1, -0.05) is 24.6 Å². The highest BCUT2D eigenvalue weighted by atomic mass is 16.6. The molecule has 148 valence electrons. The summed E-state index contributed by atoms with van der Waals surface area (Å²) < 4.78 is 0. The van der Waals surface area contributed by atoms with Crippen LogP contribution in [0.15, 0.2) is 22.6 Å². The monoisotopic (exact) mass is 373 g/mol. The first-order valence-corrected chi connectivity index (χ1v) is 9.70. The number of aryl methyl sites for hydroxylation is 2. The molecule has 0 aromatic heterocycles. The second kappa shape index (κ2) is 9.18. The molecule has 5 nitrogen and oxygen atoms in total. The number of aliphatic hydroxyl groups excluding tert-OH is 2. The first-order valence-electron chi connectivity index (χ1n) is 9.70. The van der Waals surface area contributed by atoms with Crippen LogP contribution in [0.1, 0.15) is 73.3 Å². The van der Waals surface area contributed by atoms with Gasteiger partial charge in [-0.05, 0) is 67.9 Å². The summed E-state index contributed by atoms with van der Waals surface area (Å²) in [7, 11) is 0. The molecule has 2 rings (SSSR count). The van der Waals surface area contributed by atoms with Crippen molar-refractivity contribution in [3.05, 3.63) is 45.2 Å². The lowest BCUT2D eigenvalue weighted by Crippen LogP contribution is -2.25. The second-order valence-corrected chi connectivity index (χ2v) is 7.24. The summed E-state index contributed by atoms with van der Waals surface area (Å²) in [5.74, 6) is -0.101. The number of ketones is 1. The van der Waals surface area contributed by atoms with Crippen LogP contribution in [0.25, 0.3) is 0 Å². The molecule has 1 unspecified atom stereocenters. The van der Waals surface area contributed by atoms with Crippen LogP contribution >= 0.6 is 0 Å². The Morgan fingerprint density at radius 2 is 1.93 bits per heavy atom. The van der Waals surface area contributed by atoms with Gasteiger partial charge in [0.25, 0.3) is 0 Å². The van der Waals surface area contributed by atoms with Crippen molar-refractivity contribution >= 4 is 11.5 Å². The first kappa shape index (κ1) is 21.2. The fourth-order valence-corrected chi connectivity index (χ4v) is 4.14. The molecule has 0 saturated heterocycles. The van der Waals surface area contributed by atoms with Crippen LogP contribution < -0.4 is 0 Å². The van der Waals surface area contributed by atoms with Crippen molar-refractivity contribution in [1.29, 1.82) is 0 Å². The van der Waals surface area contributed by atoms with Gasteiger partial charge in [-0.3, -0.25) is 4.79 Å². The summed E-state index contributed by atoms with van der Waals surface area (Å²) in [6.07, 6.45) is 2.12. The van der Waals surface area contributed by atoms with E-state index in [9.17, 15) is 15.0 Å². The Hall–Kier alpha value is -2.14. The fourth-order valence-electron chi connectivity index (χ4n) is 4.14. The minimum Gasteiger partial charge on any atom is -0.511 e. The molecule has 0 amide bonds. The minimum atomic E-state index is -0.0967. The molecule has 1 aromatic carbocycles. The third kappa shape index (κ3) is 4.41. The van der Waals surface area contributed by atoms with Crippen molar-refractivity contribution in [2.24, 2.45) is 5.16 Å². The molecule has 0 fully saturated rings. The number of carbonyl (C=O) groups is 1. The maximum absolute atomic E-state index is 12.9. The maximum Gasteiger partial charge on any atom is 0.168 e. The molecule has 1 aliphatic carbocycles. The van der Waals surface area contributed by atoms with Crippen molar-refractivity contribution < 1.29 is 19.8 Å². The average molecular weight is 373 g/mol. The van der Waals surface area contributed by atoms with E-state index in [0.29, 0.717) is 37.2 Å². The Kier molecular flexibility index (Phi) is 7.19. The van der Waals surface area contributed by atoms with Crippen LogP contribution in [-0.4, -0.2) is 28.3 Å². The third-order valence-electron chi connectivity index (χ3n) is 5.28. The van der Waals surface area contributed by atoms with Gasteiger partial charge in [0.1, 0.15) is 12.4 Å². The van der Waals surface area contributed by atoms with Gasteiger partial charge in [0, 0.05) is 12.8 Å². The van der Waals surface area contributed by atoms with Crippen molar-refractivity contribution in [2.45, 2.75) is 72.8 Å². The van der Waals surface area contributed by atoms with E-state index in [0.717, 1.165) is 34.2 Å². The first-order chi connectivity index (χ1) is 12.8. The summed E-state index contributed by atoms with van der Waals surface area (Å²) in [4.78, 5) is 18.1. The van der Waals surface area contributed by atoms with E-state index in [1.807, 2.05) is 40.7 Å². The molecule has 1 aliphatic rings. The van der Waals surface area contributed by atoms with E-state index in [2.05, 4.69) is 5.16 Å². The number of carbonyl (C=O) groups excluding carboxylic acids is 1. The zero-order valence-corrected chi connectivity index (χ0v) is 17.1. The van der Waals surface area contributed by atoms with Crippen LogP contribution in [-0.2, 0) is 16.2 Å². The van der Waals surface area contributed by atoms with E-state index in [4.69, 9.17) is 4.84 Å². The fraction of sp³-hybridized carbons (Fsp3) is 0.545. The lowest BCUT2D eigenvalue weighted by Gasteiger charge is -2.28. The lowest BCUT2D eigenvalue weighted by molar-refractivity contribution is -0.116. The van der Waals surface area contributed by atoms with Crippen LogP contribution in [0, 0.1) is 20.8 Å². The molecule has 0 bridgehead atoms. The number of hydrogen-bond donors (Lipinski definition) is 2. The zero-order valence-electron chi connectivity index (χ0n) is 17.1. The smallest absolute Gasteiger partial charge is 0.168 e. The van der Waals surface area contributed by atoms with Gasteiger partial charge in [0.2, 0.25) is 0 Å². The SMILES string of the molecule is CCCC(=NOCC)C1=C(O)CC(c2c(C)cc(C)c(CO)c2C)CC1=O. The molecule has 2 N–H and O–H groups in total. The molecule has 0 aliphatic heterocycles. The molecule has 0 saturated carbocycles. The maximum atomic E-state index is 12.9. The highest BCUT2D eigenvalue weighted by Crippen LogP contribution is 2.39. The van der Waals surface area contributed by atoms with Gasteiger partial charge in [-0.25, -0.2) is 0 Å². The summed E-state index contributed by atoms with van der Waals surface area (Å²) in [5, 5.41) is 24.5. The molecule has 0 spiro atoms. The molecular weight excluding hydrogens is 342 g/mol. The van der Waals surface area contributed by atoms with Crippen molar-refractivity contribution in [3.8, 4) is 0 Å². The van der Waals surface area contributed by atoms with Gasteiger partial charge in [-0.15, -0.1) is 0 Å². The van der Waals surface area contributed by atoms with Gasteiger partial charge in [0.15, 0.2) is 5.78 Å². The van der Waals surface area contributed by atoms with Crippen molar-refractivity contribution in [2.75, 3.05) is 6.61 Å². The van der Waals surface area contributed by atoms with Crippen LogP contribution in [0.4, 0.5) is 0 Å². The van der Waals surface area contributed by atoms with E-state index in [1.54, 1.807) is 0 Å². The summed E-state index contributed by atoms with van der Waals surface area (Å²) in [6.45, 7) is 10.2. The number of rotatable bonds is 7. The molecule has 27 heavy (non-hydrogen) atoms. The largest absolute Gasteiger partial charge is 0.511 e. The number of Topliss-reactive ketones (excluding diaryl/α,β-unsaturated/α-hetero) is 1. The highest BCUT2D eigenvalue weighted by Gasteiger charge is 2.33. The Bertz CT molecular complexity index is 777. The van der Waals surface area contributed by atoms with Crippen molar-refractivity contribution in [1.82, 2.24) is 0 Å². The van der Waals surface area contributed by atoms with Crippen molar-refractivity contribution in [3.63, 3.8) is 0 Å². The minimum absolute atomic E-state index is 0.0274. The number of allylic oxidation sites excluding steroid dienone is 2. The lowest BCUT2D eigenvalue weighted by atomic mass is 9.76.